The summed E-state index contributed by atoms with van der Waals surface area (Å²) in [6.07, 6.45) is 5.80. The maximum atomic E-state index is 13.4. The molecule has 0 aromatic carbocycles. The highest BCUT2D eigenvalue weighted by Crippen LogP contribution is 2.18. The second kappa shape index (κ2) is 5.45. The molecule has 2 heterocycles. The second-order valence-corrected chi connectivity index (χ2v) is 6.46. The van der Waals surface area contributed by atoms with Gasteiger partial charge in [-0.05, 0) is 37.0 Å². The van der Waals surface area contributed by atoms with Crippen molar-refractivity contribution in [2.45, 2.75) is 30.7 Å². The molecule has 110 valence electrons. The van der Waals surface area contributed by atoms with E-state index in [1.807, 2.05) is 0 Å². The lowest BCUT2D eigenvalue weighted by Crippen LogP contribution is -2.25. The van der Waals surface area contributed by atoms with Crippen molar-refractivity contribution in [3.8, 4) is 0 Å². The summed E-state index contributed by atoms with van der Waals surface area (Å²) in [6.45, 7) is -0.0794. The number of aryl methyl sites for hydroxylation is 2. The lowest BCUT2D eigenvalue weighted by Gasteiger charge is -2.07. The molecule has 0 unspecified atom stereocenters. The fourth-order valence-corrected chi connectivity index (χ4v) is 3.26. The zero-order chi connectivity index (χ0) is 14.9. The Morgan fingerprint density at radius 1 is 1.29 bits per heavy atom. The van der Waals surface area contributed by atoms with E-state index >= 15 is 0 Å². The molecular formula is C13H13FN4O2S. The van der Waals surface area contributed by atoms with Crippen LogP contribution in [0.15, 0.2) is 29.4 Å². The monoisotopic (exact) mass is 308 g/mol. The maximum Gasteiger partial charge on any atom is 0.245 e. The number of rotatable bonds is 4. The summed E-state index contributed by atoms with van der Waals surface area (Å²) in [7, 11) is -3.97. The molecule has 0 fully saturated rings. The van der Waals surface area contributed by atoms with Gasteiger partial charge in [0.05, 0.1) is 6.54 Å². The van der Waals surface area contributed by atoms with Gasteiger partial charge in [-0.3, -0.25) is 0 Å². The van der Waals surface area contributed by atoms with Crippen LogP contribution < -0.4 is 4.72 Å². The van der Waals surface area contributed by atoms with Gasteiger partial charge < -0.3 is 0 Å². The minimum atomic E-state index is -3.97. The number of nitrogens with zero attached hydrogens (tertiary/aromatic N) is 3. The Labute approximate surface area is 121 Å². The first-order chi connectivity index (χ1) is 10.1. The number of halogens is 1. The molecule has 1 aliphatic rings. The maximum absolute atomic E-state index is 13.4. The Morgan fingerprint density at radius 2 is 2.14 bits per heavy atom. The molecule has 0 saturated heterocycles. The van der Waals surface area contributed by atoms with E-state index in [9.17, 15) is 12.8 Å². The van der Waals surface area contributed by atoms with E-state index in [1.54, 1.807) is 6.20 Å². The number of sulfonamides is 1. The van der Waals surface area contributed by atoms with Gasteiger partial charge >= 0.3 is 0 Å². The van der Waals surface area contributed by atoms with Crippen molar-refractivity contribution in [3.63, 3.8) is 0 Å². The van der Waals surface area contributed by atoms with Gasteiger partial charge in [-0.2, -0.15) is 4.39 Å². The largest absolute Gasteiger partial charge is 0.245 e. The van der Waals surface area contributed by atoms with Gasteiger partial charge in [0.2, 0.25) is 16.0 Å². The van der Waals surface area contributed by atoms with E-state index in [1.165, 1.54) is 12.3 Å². The molecule has 0 amide bonds. The van der Waals surface area contributed by atoms with Gasteiger partial charge in [0.1, 0.15) is 10.7 Å². The lowest BCUT2D eigenvalue weighted by atomic mass is 10.3. The van der Waals surface area contributed by atoms with Crippen LogP contribution in [0.3, 0.4) is 0 Å². The third-order valence-corrected chi connectivity index (χ3v) is 4.71. The Kier molecular flexibility index (Phi) is 3.64. The Hall–Kier alpha value is -1.93. The van der Waals surface area contributed by atoms with Crippen LogP contribution in [-0.4, -0.2) is 23.4 Å². The summed E-state index contributed by atoms with van der Waals surface area (Å²) in [5.74, 6) is -0.650. The molecule has 0 spiro atoms. The molecule has 0 aliphatic heterocycles. The number of pyridine rings is 1. The van der Waals surface area contributed by atoms with Crippen molar-refractivity contribution in [2.75, 3.05) is 0 Å². The van der Waals surface area contributed by atoms with Crippen molar-refractivity contribution in [2.24, 2.45) is 0 Å². The van der Waals surface area contributed by atoms with Crippen molar-refractivity contribution in [1.82, 2.24) is 19.7 Å². The molecule has 21 heavy (non-hydrogen) atoms. The van der Waals surface area contributed by atoms with Crippen molar-refractivity contribution < 1.29 is 12.8 Å². The topological polar surface area (TPSA) is 84.8 Å². The normalized spacial score (nSPS) is 14.1. The Bertz CT molecular complexity index is 779. The van der Waals surface area contributed by atoms with Gasteiger partial charge in [-0.25, -0.2) is 28.1 Å². The summed E-state index contributed by atoms with van der Waals surface area (Å²) in [5, 5.41) is 0. The highest BCUT2D eigenvalue weighted by molar-refractivity contribution is 7.89. The molecule has 0 bridgehead atoms. The van der Waals surface area contributed by atoms with E-state index in [0.29, 0.717) is 5.82 Å². The summed E-state index contributed by atoms with van der Waals surface area (Å²) < 4.78 is 39.7. The molecular weight excluding hydrogens is 295 g/mol. The van der Waals surface area contributed by atoms with Gasteiger partial charge in [0.25, 0.3) is 0 Å². The van der Waals surface area contributed by atoms with Crippen molar-refractivity contribution >= 4 is 10.0 Å². The highest BCUT2D eigenvalue weighted by atomic mass is 32.2. The lowest BCUT2D eigenvalue weighted by molar-refractivity contribution is 0.532. The molecule has 1 aliphatic carbocycles. The van der Waals surface area contributed by atoms with Gasteiger partial charge in [0, 0.05) is 18.1 Å². The van der Waals surface area contributed by atoms with Crippen LogP contribution in [0.2, 0.25) is 0 Å². The van der Waals surface area contributed by atoms with Crippen LogP contribution >= 0.6 is 0 Å². The average molecular weight is 308 g/mol. The predicted molar refractivity (Wildman–Crippen MR) is 72.3 cm³/mol. The number of nitrogens with one attached hydrogen (secondary N) is 1. The molecule has 1 N–H and O–H groups in total. The summed E-state index contributed by atoms with van der Waals surface area (Å²) in [4.78, 5) is 11.3. The first kappa shape index (κ1) is 14.0. The zero-order valence-corrected chi connectivity index (χ0v) is 11.9. The fourth-order valence-electron chi connectivity index (χ4n) is 2.25. The number of hydrogen-bond acceptors (Lipinski definition) is 5. The Morgan fingerprint density at radius 3 is 2.95 bits per heavy atom. The number of hydrogen-bond donors (Lipinski definition) is 1. The van der Waals surface area contributed by atoms with Crippen molar-refractivity contribution in [3.05, 3.63) is 47.6 Å². The average Bonchev–Trinajstić information content (AvgIpc) is 2.93. The molecule has 2 aromatic heterocycles. The van der Waals surface area contributed by atoms with E-state index in [2.05, 4.69) is 19.7 Å². The molecule has 0 atom stereocenters. The van der Waals surface area contributed by atoms with Gasteiger partial charge in [0.15, 0.2) is 0 Å². The van der Waals surface area contributed by atoms with Crippen LogP contribution in [0, 0.1) is 5.95 Å². The summed E-state index contributed by atoms with van der Waals surface area (Å²) in [6, 6.07) is 2.53. The SMILES string of the molecule is O=S(=O)(NCc1ncc2c(n1)CCC2)c1cccnc1F. The summed E-state index contributed by atoms with van der Waals surface area (Å²) >= 11 is 0. The quantitative estimate of drug-likeness (QED) is 0.851. The van der Waals surface area contributed by atoms with Crippen LogP contribution in [0.1, 0.15) is 23.5 Å². The van der Waals surface area contributed by atoms with E-state index < -0.39 is 20.9 Å². The molecule has 8 heteroatoms. The highest BCUT2D eigenvalue weighted by Gasteiger charge is 2.20. The third kappa shape index (κ3) is 2.91. The van der Waals surface area contributed by atoms with Crippen LogP contribution in [0.25, 0.3) is 0 Å². The van der Waals surface area contributed by atoms with E-state index in [-0.39, 0.29) is 6.54 Å². The van der Waals surface area contributed by atoms with Gasteiger partial charge in [-0.15, -0.1) is 0 Å². The zero-order valence-electron chi connectivity index (χ0n) is 11.1. The van der Waals surface area contributed by atoms with Crippen LogP contribution in [-0.2, 0) is 29.4 Å². The van der Waals surface area contributed by atoms with E-state index in [4.69, 9.17) is 0 Å². The van der Waals surface area contributed by atoms with Crippen LogP contribution in [0.4, 0.5) is 4.39 Å². The minimum Gasteiger partial charge on any atom is -0.240 e. The van der Waals surface area contributed by atoms with Crippen molar-refractivity contribution in [1.29, 1.82) is 0 Å². The van der Waals surface area contributed by atoms with Gasteiger partial charge in [-0.1, -0.05) is 0 Å². The molecule has 0 radical (unpaired) electrons. The first-order valence-electron chi connectivity index (χ1n) is 6.50. The van der Waals surface area contributed by atoms with Crippen LogP contribution in [0.5, 0.6) is 0 Å². The molecule has 6 nitrogen and oxygen atoms in total. The molecule has 3 rings (SSSR count). The number of aromatic nitrogens is 3. The molecule has 2 aromatic rings. The standard InChI is InChI=1S/C13H13FN4O2S/c14-13-11(5-2-6-15-13)21(19,20)17-8-12-16-7-9-3-1-4-10(9)18-12/h2,5-7,17H,1,3-4,8H2. The predicted octanol–water partition coefficient (Wildman–Crippen LogP) is 0.978. The molecule has 0 saturated carbocycles. The number of fused-ring (bicyclic) bond motifs is 1. The summed E-state index contributed by atoms with van der Waals surface area (Å²) in [5.41, 5.74) is 2.08. The third-order valence-electron chi connectivity index (χ3n) is 3.30. The fraction of sp³-hybridized carbons (Fsp3) is 0.308. The second-order valence-electron chi connectivity index (χ2n) is 4.73. The smallest absolute Gasteiger partial charge is 0.240 e. The minimum absolute atomic E-state index is 0.0794. The first-order valence-corrected chi connectivity index (χ1v) is 7.98. The van der Waals surface area contributed by atoms with E-state index in [0.717, 1.165) is 36.6 Å². The Balaban J connectivity index is 1.77.